The monoisotopic (exact) mass is 370 g/mol. The lowest BCUT2D eigenvalue weighted by Gasteiger charge is -2.14. The largest absolute Gasteiger partial charge is 0.454 e. The SMILES string of the molecule is CC(=O)Nc1ccc(Oc2ccc(F)cc2F)c(-c2c[nH]c(=O)c(C)c2)c1. The van der Waals surface area contributed by atoms with Crippen LogP contribution in [0.5, 0.6) is 11.5 Å². The van der Waals surface area contributed by atoms with Crippen molar-refractivity contribution in [1.82, 2.24) is 4.98 Å². The molecule has 138 valence electrons. The first-order valence-electron chi connectivity index (χ1n) is 8.08. The van der Waals surface area contributed by atoms with E-state index < -0.39 is 11.6 Å². The minimum atomic E-state index is -0.843. The number of halogens is 2. The van der Waals surface area contributed by atoms with Crippen LogP contribution in [-0.2, 0) is 4.79 Å². The van der Waals surface area contributed by atoms with Crippen molar-refractivity contribution in [1.29, 1.82) is 0 Å². The van der Waals surface area contributed by atoms with Crippen LogP contribution in [0.3, 0.4) is 0 Å². The number of ether oxygens (including phenoxy) is 1. The number of carbonyl (C=O) groups excluding carboxylic acids is 1. The zero-order valence-corrected chi connectivity index (χ0v) is 14.6. The maximum absolute atomic E-state index is 14.0. The Labute approximate surface area is 153 Å². The minimum Gasteiger partial charge on any atom is -0.454 e. The number of anilines is 1. The zero-order valence-electron chi connectivity index (χ0n) is 14.6. The minimum absolute atomic E-state index is 0.147. The molecular formula is C20H16F2N2O3. The van der Waals surface area contributed by atoms with E-state index in [2.05, 4.69) is 10.3 Å². The Bertz CT molecular complexity index is 1080. The molecule has 0 saturated carbocycles. The Balaban J connectivity index is 2.10. The summed E-state index contributed by atoms with van der Waals surface area (Å²) in [6.07, 6.45) is 1.50. The summed E-state index contributed by atoms with van der Waals surface area (Å²) in [5.41, 5.74) is 1.88. The van der Waals surface area contributed by atoms with Gasteiger partial charge in [-0.2, -0.15) is 0 Å². The highest BCUT2D eigenvalue weighted by Crippen LogP contribution is 2.36. The third-order valence-electron chi connectivity index (χ3n) is 3.81. The molecule has 0 fully saturated rings. The van der Waals surface area contributed by atoms with Crippen molar-refractivity contribution in [2.24, 2.45) is 0 Å². The Morgan fingerprint density at radius 1 is 1.07 bits per heavy atom. The van der Waals surface area contributed by atoms with Crippen LogP contribution in [0.15, 0.2) is 53.5 Å². The summed E-state index contributed by atoms with van der Waals surface area (Å²) in [4.78, 5) is 25.6. The van der Waals surface area contributed by atoms with E-state index in [-0.39, 0.29) is 23.0 Å². The molecule has 2 N–H and O–H groups in total. The average molecular weight is 370 g/mol. The first kappa shape index (κ1) is 18.3. The van der Waals surface area contributed by atoms with Gasteiger partial charge in [-0.15, -0.1) is 0 Å². The van der Waals surface area contributed by atoms with Gasteiger partial charge in [0.2, 0.25) is 5.91 Å². The topological polar surface area (TPSA) is 71.2 Å². The lowest BCUT2D eigenvalue weighted by atomic mass is 10.0. The van der Waals surface area contributed by atoms with Crippen LogP contribution in [0, 0.1) is 18.6 Å². The highest BCUT2D eigenvalue weighted by Gasteiger charge is 2.13. The summed E-state index contributed by atoms with van der Waals surface area (Å²) < 4.78 is 32.7. The van der Waals surface area contributed by atoms with Gasteiger partial charge in [-0.1, -0.05) is 0 Å². The first-order chi connectivity index (χ1) is 12.8. The Hall–Kier alpha value is -3.48. The maximum atomic E-state index is 14.0. The Morgan fingerprint density at radius 3 is 2.48 bits per heavy atom. The quantitative estimate of drug-likeness (QED) is 0.716. The van der Waals surface area contributed by atoms with Crippen molar-refractivity contribution in [2.75, 3.05) is 5.32 Å². The van der Waals surface area contributed by atoms with E-state index in [1.807, 2.05) is 0 Å². The predicted octanol–water partition coefficient (Wildman–Crippen LogP) is 4.38. The van der Waals surface area contributed by atoms with Crippen molar-refractivity contribution in [3.63, 3.8) is 0 Å². The van der Waals surface area contributed by atoms with Crippen LogP contribution < -0.4 is 15.6 Å². The van der Waals surface area contributed by atoms with Gasteiger partial charge in [0.05, 0.1) is 0 Å². The number of pyridine rings is 1. The van der Waals surface area contributed by atoms with Crippen LogP contribution in [-0.4, -0.2) is 10.9 Å². The number of nitrogens with one attached hydrogen (secondary N) is 2. The molecule has 0 saturated heterocycles. The molecular weight excluding hydrogens is 354 g/mol. The van der Waals surface area contributed by atoms with E-state index in [9.17, 15) is 18.4 Å². The van der Waals surface area contributed by atoms with Crippen LogP contribution in [0.25, 0.3) is 11.1 Å². The van der Waals surface area contributed by atoms with Gasteiger partial charge in [-0.25, -0.2) is 8.78 Å². The number of rotatable bonds is 4. The van der Waals surface area contributed by atoms with Gasteiger partial charge < -0.3 is 15.0 Å². The highest BCUT2D eigenvalue weighted by molar-refractivity contribution is 5.90. The lowest BCUT2D eigenvalue weighted by molar-refractivity contribution is -0.114. The van der Waals surface area contributed by atoms with Crippen molar-refractivity contribution < 1.29 is 18.3 Å². The van der Waals surface area contributed by atoms with Gasteiger partial charge in [-0.05, 0) is 43.3 Å². The molecule has 3 rings (SSSR count). The Morgan fingerprint density at radius 2 is 1.81 bits per heavy atom. The van der Waals surface area contributed by atoms with Crippen LogP contribution in [0.1, 0.15) is 12.5 Å². The van der Waals surface area contributed by atoms with Crippen molar-refractivity contribution in [3.05, 3.63) is 76.2 Å². The molecule has 7 heteroatoms. The molecule has 0 aliphatic heterocycles. The van der Waals surface area contributed by atoms with Gasteiger partial charge in [-0.3, -0.25) is 9.59 Å². The molecule has 2 aromatic carbocycles. The summed E-state index contributed by atoms with van der Waals surface area (Å²) in [5, 5.41) is 2.66. The average Bonchev–Trinajstić information content (AvgIpc) is 2.60. The number of aryl methyl sites for hydroxylation is 1. The lowest BCUT2D eigenvalue weighted by Crippen LogP contribution is -2.08. The summed E-state index contributed by atoms with van der Waals surface area (Å²) in [6, 6.07) is 9.46. The van der Waals surface area contributed by atoms with E-state index >= 15 is 0 Å². The number of hydrogen-bond acceptors (Lipinski definition) is 3. The molecule has 0 radical (unpaired) electrons. The van der Waals surface area contributed by atoms with Gasteiger partial charge in [0.15, 0.2) is 11.6 Å². The van der Waals surface area contributed by atoms with Crippen LogP contribution in [0.2, 0.25) is 0 Å². The molecule has 0 unspecified atom stereocenters. The maximum Gasteiger partial charge on any atom is 0.250 e. The van der Waals surface area contributed by atoms with Crippen molar-refractivity contribution in [3.8, 4) is 22.6 Å². The number of amides is 1. The molecule has 0 atom stereocenters. The number of H-pyrrole nitrogens is 1. The normalized spacial score (nSPS) is 10.5. The number of aromatic nitrogens is 1. The Kier molecular flexibility index (Phi) is 5.03. The number of carbonyl (C=O) groups is 1. The van der Waals surface area contributed by atoms with Crippen molar-refractivity contribution >= 4 is 11.6 Å². The van der Waals surface area contributed by atoms with Gasteiger partial charge in [0, 0.05) is 41.6 Å². The summed E-state index contributed by atoms with van der Waals surface area (Å²) >= 11 is 0. The van der Waals surface area contributed by atoms with E-state index in [0.29, 0.717) is 22.4 Å². The second kappa shape index (κ2) is 7.41. The molecule has 0 bridgehead atoms. The summed E-state index contributed by atoms with van der Waals surface area (Å²) in [7, 11) is 0. The molecule has 0 aliphatic rings. The van der Waals surface area contributed by atoms with E-state index in [0.717, 1.165) is 12.1 Å². The molecule has 27 heavy (non-hydrogen) atoms. The van der Waals surface area contributed by atoms with E-state index in [1.54, 1.807) is 31.2 Å². The molecule has 3 aromatic rings. The molecule has 1 aromatic heterocycles. The molecule has 0 spiro atoms. The van der Waals surface area contributed by atoms with E-state index in [1.165, 1.54) is 19.2 Å². The smallest absolute Gasteiger partial charge is 0.250 e. The molecule has 1 amide bonds. The van der Waals surface area contributed by atoms with Crippen LogP contribution >= 0.6 is 0 Å². The first-order valence-corrected chi connectivity index (χ1v) is 8.08. The molecule has 5 nitrogen and oxygen atoms in total. The van der Waals surface area contributed by atoms with Crippen LogP contribution in [0.4, 0.5) is 14.5 Å². The number of aromatic amines is 1. The third-order valence-corrected chi connectivity index (χ3v) is 3.81. The standard InChI is InChI=1S/C20H16F2N2O3/c1-11-7-13(10-23-20(11)26)16-9-15(24-12(2)25)4-6-18(16)27-19-5-3-14(21)8-17(19)22/h3-10H,1-2H3,(H,23,26)(H,24,25). The van der Waals surface area contributed by atoms with Gasteiger partial charge >= 0.3 is 0 Å². The van der Waals surface area contributed by atoms with Gasteiger partial charge in [0.25, 0.3) is 5.56 Å². The highest BCUT2D eigenvalue weighted by atomic mass is 19.1. The second-order valence-electron chi connectivity index (χ2n) is 5.97. The second-order valence-corrected chi connectivity index (χ2v) is 5.97. The van der Waals surface area contributed by atoms with Gasteiger partial charge in [0.1, 0.15) is 11.6 Å². The fourth-order valence-electron chi connectivity index (χ4n) is 2.56. The number of hydrogen-bond donors (Lipinski definition) is 2. The molecule has 1 heterocycles. The summed E-state index contributed by atoms with van der Waals surface area (Å²) in [6.45, 7) is 3.03. The predicted molar refractivity (Wildman–Crippen MR) is 98.0 cm³/mol. The molecule has 0 aliphatic carbocycles. The zero-order chi connectivity index (χ0) is 19.6. The van der Waals surface area contributed by atoms with Crippen molar-refractivity contribution in [2.45, 2.75) is 13.8 Å². The number of benzene rings is 2. The fraction of sp³-hybridized carbons (Fsp3) is 0.100. The third kappa shape index (κ3) is 4.20. The summed E-state index contributed by atoms with van der Waals surface area (Å²) in [5.74, 6) is -1.68. The fourth-order valence-corrected chi connectivity index (χ4v) is 2.56. The van der Waals surface area contributed by atoms with E-state index in [4.69, 9.17) is 4.74 Å².